The van der Waals surface area contributed by atoms with Crippen molar-refractivity contribution in [3.63, 3.8) is 0 Å². The van der Waals surface area contributed by atoms with Crippen molar-refractivity contribution >= 4 is 0 Å². The van der Waals surface area contributed by atoms with Crippen LogP contribution < -0.4 is 0 Å². The van der Waals surface area contributed by atoms with Gasteiger partial charge in [-0.25, -0.2) is 0 Å². The van der Waals surface area contributed by atoms with Crippen LogP contribution in [0.5, 0.6) is 0 Å². The summed E-state index contributed by atoms with van der Waals surface area (Å²) in [5.74, 6) is 0. The van der Waals surface area contributed by atoms with E-state index in [-0.39, 0.29) is 0 Å². The van der Waals surface area contributed by atoms with Gasteiger partial charge in [0.2, 0.25) is 0 Å². The summed E-state index contributed by atoms with van der Waals surface area (Å²) < 4.78 is 14.8. The minimum absolute atomic E-state index is 0.386. The maximum absolute atomic E-state index is 5.05. The van der Waals surface area contributed by atoms with Crippen molar-refractivity contribution in [3.05, 3.63) is 0 Å². The standard InChI is InChI=1S/C7H16O3/c1-3-4-9-7-10-6-5-8-2/h3-7H2,1-2H3. The lowest BCUT2D eigenvalue weighted by Crippen LogP contribution is -2.05. The van der Waals surface area contributed by atoms with Crippen LogP contribution >= 0.6 is 0 Å². The van der Waals surface area contributed by atoms with E-state index < -0.39 is 0 Å². The van der Waals surface area contributed by atoms with Crippen molar-refractivity contribution in [2.75, 3.05) is 33.7 Å². The molecule has 0 unspecified atom stereocenters. The summed E-state index contributed by atoms with van der Waals surface area (Å²) >= 11 is 0. The van der Waals surface area contributed by atoms with Gasteiger partial charge in [-0.2, -0.15) is 0 Å². The van der Waals surface area contributed by atoms with E-state index in [1.165, 1.54) is 0 Å². The molecule has 0 spiro atoms. The molecular formula is C7H16O3. The molecule has 0 saturated heterocycles. The van der Waals surface area contributed by atoms with E-state index in [1.807, 2.05) is 0 Å². The van der Waals surface area contributed by atoms with Crippen molar-refractivity contribution < 1.29 is 14.2 Å². The smallest absolute Gasteiger partial charge is 0.146 e. The van der Waals surface area contributed by atoms with Crippen LogP contribution in [0.3, 0.4) is 0 Å². The van der Waals surface area contributed by atoms with Crippen LogP contribution in [0, 0.1) is 0 Å². The summed E-state index contributed by atoms with van der Waals surface area (Å²) in [6.45, 7) is 4.47. The van der Waals surface area contributed by atoms with Gasteiger partial charge in [0, 0.05) is 13.7 Å². The second kappa shape index (κ2) is 8.88. The minimum Gasteiger partial charge on any atom is -0.382 e. The lowest BCUT2D eigenvalue weighted by Gasteiger charge is -2.02. The first-order valence-corrected chi connectivity index (χ1v) is 3.56. The Balaban J connectivity index is 2.65. The third-order valence-electron chi connectivity index (χ3n) is 0.947. The zero-order chi connectivity index (χ0) is 7.66. The summed E-state index contributed by atoms with van der Waals surface area (Å²) in [7, 11) is 1.65. The van der Waals surface area contributed by atoms with Gasteiger partial charge in [0.1, 0.15) is 6.79 Å². The fourth-order valence-corrected chi connectivity index (χ4v) is 0.463. The molecule has 0 aromatic heterocycles. The molecule has 10 heavy (non-hydrogen) atoms. The highest BCUT2D eigenvalue weighted by Gasteiger charge is 1.85. The monoisotopic (exact) mass is 148 g/mol. The normalized spacial score (nSPS) is 10.2. The zero-order valence-corrected chi connectivity index (χ0v) is 6.76. The van der Waals surface area contributed by atoms with Crippen LogP contribution in [0.2, 0.25) is 0 Å². The second-order valence-corrected chi connectivity index (χ2v) is 1.93. The van der Waals surface area contributed by atoms with E-state index in [0.717, 1.165) is 13.0 Å². The lowest BCUT2D eigenvalue weighted by molar-refractivity contribution is -0.0653. The summed E-state index contributed by atoms with van der Waals surface area (Å²) in [6, 6.07) is 0. The molecule has 0 aromatic rings. The summed E-state index contributed by atoms with van der Waals surface area (Å²) in [5.41, 5.74) is 0. The Morgan fingerprint density at radius 1 is 1.00 bits per heavy atom. The van der Waals surface area contributed by atoms with Gasteiger partial charge in [0.15, 0.2) is 0 Å². The highest BCUT2D eigenvalue weighted by Crippen LogP contribution is 1.81. The third kappa shape index (κ3) is 7.88. The highest BCUT2D eigenvalue weighted by atomic mass is 16.7. The van der Waals surface area contributed by atoms with Crippen LogP contribution in [0.1, 0.15) is 13.3 Å². The largest absolute Gasteiger partial charge is 0.382 e. The van der Waals surface area contributed by atoms with Gasteiger partial charge in [-0.1, -0.05) is 6.92 Å². The van der Waals surface area contributed by atoms with Crippen molar-refractivity contribution in [2.24, 2.45) is 0 Å². The Labute approximate surface area is 62.3 Å². The van der Waals surface area contributed by atoms with Gasteiger partial charge in [-0.3, -0.25) is 0 Å². The fraction of sp³-hybridized carbons (Fsp3) is 1.00. The highest BCUT2D eigenvalue weighted by molar-refractivity contribution is 4.23. The van der Waals surface area contributed by atoms with Crippen molar-refractivity contribution in [2.45, 2.75) is 13.3 Å². The molecule has 0 amide bonds. The van der Waals surface area contributed by atoms with Gasteiger partial charge in [-0.05, 0) is 6.42 Å². The molecule has 0 aliphatic heterocycles. The molecule has 0 N–H and O–H groups in total. The molecule has 0 heterocycles. The summed E-state index contributed by atoms with van der Waals surface area (Å²) in [4.78, 5) is 0. The second-order valence-electron chi connectivity index (χ2n) is 1.93. The summed E-state index contributed by atoms with van der Waals surface area (Å²) in [6.07, 6.45) is 1.04. The van der Waals surface area contributed by atoms with E-state index in [9.17, 15) is 0 Å². The molecule has 0 bridgehead atoms. The van der Waals surface area contributed by atoms with Crippen LogP contribution in [-0.4, -0.2) is 33.7 Å². The fourth-order valence-electron chi connectivity index (χ4n) is 0.463. The lowest BCUT2D eigenvalue weighted by atomic mass is 10.5. The Morgan fingerprint density at radius 3 is 2.30 bits per heavy atom. The first kappa shape index (κ1) is 9.88. The molecule has 0 fully saturated rings. The van der Waals surface area contributed by atoms with E-state index >= 15 is 0 Å². The van der Waals surface area contributed by atoms with Gasteiger partial charge in [0.25, 0.3) is 0 Å². The van der Waals surface area contributed by atoms with Gasteiger partial charge < -0.3 is 14.2 Å². The van der Waals surface area contributed by atoms with Crippen LogP contribution in [0.15, 0.2) is 0 Å². The molecular weight excluding hydrogens is 132 g/mol. The first-order chi connectivity index (χ1) is 4.91. The third-order valence-corrected chi connectivity index (χ3v) is 0.947. The van der Waals surface area contributed by atoms with E-state index in [1.54, 1.807) is 7.11 Å². The Kier molecular flexibility index (Phi) is 8.77. The van der Waals surface area contributed by atoms with E-state index in [0.29, 0.717) is 20.0 Å². The average Bonchev–Trinajstić information content (AvgIpc) is 1.97. The van der Waals surface area contributed by atoms with E-state index in [4.69, 9.17) is 14.2 Å². The topological polar surface area (TPSA) is 27.7 Å². The number of methoxy groups -OCH3 is 1. The molecule has 0 aliphatic carbocycles. The van der Waals surface area contributed by atoms with Gasteiger partial charge in [-0.15, -0.1) is 0 Å². The average molecular weight is 148 g/mol. The first-order valence-electron chi connectivity index (χ1n) is 3.56. The van der Waals surface area contributed by atoms with Crippen molar-refractivity contribution in [1.29, 1.82) is 0 Å². The van der Waals surface area contributed by atoms with Gasteiger partial charge >= 0.3 is 0 Å². The molecule has 0 rings (SSSR count). The Morgan fingerprint density at radius 2 is 1.70 bits per heavy atom. The Bertz CT molecular complexity index is 48.8. The van der Waals surface area contributed by atoms with Crippen LogP contribution in [0.4, 0.5) is 0 Å². The minimum atomic E-state index is 0.386. The summed E-state index contributed by atoms with van der Waals surface area (Å²) in [5, 5.41) is 0. The quantitative estimate of drug-likeness (QED) is 0.398. The molecule has 3 nitrogen and oxygen atoms in total. The number of hydrogen-bond donors (Lipinski definition) is 0. The number of rotatable bonds is 7. The molecule has 0 aromatic carbocycles. The van der Waals surface area contributed by atoms with Crippen molar-refractivity contribution in [1.82, 2.24) is 0 Å². The predicted molar refractivity (Wildman–Crippen MR) is 38.9 cm³/mol. The molecule has 0 atom stereocenters. The number of hydrogen-bond acceptors (Lipinski definition) is 3. The van der Waals surface area contributed by atoms with E-state index in [2.05, 4.69) is 6.92 Å². The van der Waals surface area contributed by atoms with Gasteiger partial charge in [0.05, 0.1) is 13.2 Å². The maximum Gasteiger partial charge on any atom is 0.146 e. The number of ether oxygens (including phenoxy) is 3. The van der Waals surface area contributed by atoms with Crippen molar-refractivity contribution in [3.8, 4) is 0 Å². The predicted octanol–water partition coefficient (Wildman–Crippen LogP) is 1.03. The maximum atomic E-state index is 5.05. The zero-order valence-electron chi connectivity index (χ0n) is 6.76. The molecule has 0 saturated carbocycles. The molecule has 62 valence electrons. The van der Waals surface area contributed by atoms with Crippen LogP contribution in [0.25, 0.3) is 0 Å². The van der Waals surface area contributed by atoms with Crippen LogP contribution in [-0.2, 0) is 14.2 Å². The Hall–Kier alpha value is -0.120. The molecule has 0 aliphatic rings. The molecule has 0 radical (unpaired) electrons. The SMILES string of the molecule is CCCOCOCCOC. The molecule has 3 heteroatoms.